The van der Waals surface area contributed by atoms with E-state index in [0.717, 1.165) is 25.9 Å². The van der Waals surface area contributed by atoms with Crippen LogP contribution >= 0.6 is 0 Å². The van der Waals surface area contributed by atoms with Gasteiger partial charge in [0.1, 0.15) is 0 Å². The first kappa shape index (κ1) is 7.58. The summed E-state index contributed by atoms with van der Waals surface area (Å²) in [6.07, 6.45) is 2.98. The van der Waals surface area contributed by atoms with Crippen molar-refractivity contribution in [2.24, 2.45) is 0 Å². The molecule has 2 heterocycles. The lowest BCUT2D eigenvalue weighted by atomic mass is 10.4. The zero-order valence-electron chi connectivity index (χ0n) is 6.95. The van der Waals surface area contributed by atoms with Gasteiger partial charge in [-0.1, -0.05) is 0 Å². The maximum Gasteiger partial charge on any atom is 0.241 e. The minimum atomic E-state index is 0.102. The van der Waals surface area contributed by atoms with Crippen LogP contribution in [0.2, 0.25) is 0 Å². The van der Waals surface area contributed by atoms with E-state index in [-0.39, 0.29) is 11.8 Å². The maximum atomic E-state index is 11.2. The average Bonchev–Trinajstić information content (AvgIpc) is 2.59. The molecule has 0 aliphatic carbocycles. The molecular formula is C8H12N2O2. The zero-order valence-corrected chi connectivity index (χ0v) is 6.95. The molecule has 0 radical (unpaired) electrons. The molecule has 0 aromatic carbocycles. The fourth-order valence-corrected chi connectivity index (χ4v) is 1.78. The number of hydrazine groups is 1. The summed E-state index contributed by atoms with van der Waals surface area (Å²) in [5.74, 6) is 0.204. The molecule has 0 saturated carbocycles. The molecule has 0 bridgehead atoms. The molecule has 4 nitrogen and oxygen atoms in total. The highest BCUT2D eigenvalue weighted by Crippen LogP contribution is 2.18. The normalized spacial score (nSPS) is 24.3. The van der Waals surface area contributed by atoms with Crippen molar-refractivity contribution in [1.82, 2.24) is 10.0 Å². The number of amides is 2. The predicted molar refractivity (Wildman–Crippen MR) is 41.9 cm³/mol. The minimum absolute atomic E-state index is 0.102. The van der Waals surface area contributed by atoms with Crippen molar-refractivity contribution in [3.05, 3.63) is 0 Å². The first-order valence-electron chi connectivity index (χ1n) is 4.40. The van der Waals surface area contributed by atoms with Crippen molar-refractivity contribution < 1.29 is 9.59 Å². The molecule has 2 rings (SSSR count). The number of carbonyl (C=O) groups is 2. The summed E-state index contributed by atoms with van der Waals surface area (Å²) in [4.78, 5) is 22.5. The van der Waals surface area contributed by atoms with Crippen LogP contribution < -0.4 is 0 Å². The zero-order chi connectivity index (χ0) is 8.55. The third kappa shape index (κ3) is 1.07. The Hall–Kier alpha value is -1.06. The van der Waals surface area contributed by atoms with Gasteiger partial charge in [0, 0.05) is 25.9 Å². The Morgan fingerprint density at radius 3 is 1.50 bits per heavy atom. The van der Waals surface area contributed by atoms with Gasteiger partial charge < -0.3 is 0 Å². The van der Waals surface area contributed by atoms with Gasteiger partial charge in [0.15, 0.2) is 0 Å². The monoisotopic (exact) mass is 168 g/mol. The molecule has 0 spiro atoms. The van der Waals surface area contributed by atoms with E-state index in [1.54, 1.807) is 10.0 Å². The van der Waals surface area contributed by atoms with E-state index >= 15 is 0 Å². The summed E-state index contributed by atoms with van der Waals surface area (Å²) in [6, 6.07) is 0. The Morgan fingerprint density at radius 2 is 1.25 bits per heavy atom. The Bertz CT molecular complexity index is 203. The predicted octanol–water partition coefficient (Wildman–Crippen LogP) is 0.146. The van der Waals surface area contributed by atoms with Gasteiger partial charge in [0.2, 0.25) is 11.8 Å². The Balaban J connectivity index is 2.08. The fourth-order valence-electron chi connectivity index (χ4n) is 1.78. The Kier molecular flexibility index (Phi) is 1.75. The van der Waals surface area contributed by atoms with Gasteiger partial charge in [-0.25, -0.2) is 0 Å². The van der Waals surface area contributed by atoms with Gasteiger partial charge in [-0.3, -0.25) is 19.6 Å². The van der Waals surface area contributed by atoms with Crippen LogP contribution in [-0.2, 0) is 9.59 Å². The van der Waals surface area contributed by atoms with Crippen molar-refractivity contribution >= 4 is 11.8 Å². The molecule has 12 heavy (non-hydrogen) atoms. The summed E-state index contributed by atoms with van der Waals surface area (Å²) in [5, 5.41) is 3.21. The van der Waals surface area contributed by atoms with E-state index in [2.05, 4.69) is 0 Å². The lowest BCUT2D eigenvalue weighted by molar-refractivity contribution is -0.155. The smallest absolute Gasteiger partial charge is 0.241 e. The molecule has 0 aromatic heterocycles. The summed E-state index contributed by atoms with van der Waals surface area (Å²) in [6.45, 7) is 1.45. The van der Waals surface area contributed by atoms with Crippen molar-refractivity contribution in [2.75, 3.05) is 13.1 Å². The molecule has 0 aromatic rings. The molecule has 2 fully saturated rings. The quantitative estimate of drug-likeness (QED) is 0.559. The maximum absolute atomic E-state index is 11.2. The number of carbonyl (C=O) groups excluding carboxylic acids is 2. The first-order valence-corrected chi connectivity index (χ1v) is 4.40. The highest BCUT2D eigenvalue weighted by atomic mass is 16.2. The van der Waals surface area contributed by atoms with Crippen molar-refractivity contribution in [1.29, 1.82) is 0 Å². The highest BCUT2D eigenvalue weighted by Gasteiger charge is 2.32. The van der Waals surface area contributed by atoms with Crippen LogP contribution in [0.1, 0.15) is 25.7 Å². The van der Waals surface area contributed by atoms with Gasteiger partial charge in [-0.15, -0.1) is 0 Å². The van der Waals surface area contributed by atoms with Crippen LogP contribution in [0, 0.1) is 0 Å². The van der Waals surface area contributed by atoms with Crippen LogP contribution in [0.4, 0.5) is 0 Å². The van der Waals surface area contributed by atoms with Crippen molar-refractivity contribution in [3.8, 4) is 0 Å². The largest absolute Gasteiger partial charge is 0.273 e. The standard InChI is InChI=1S/C8H12N2O2/c11-7-3-1-5-9(7)10-6-2-4-8(10)12/h1-6H2. The van der Waals surface area contributed by atoms with Crippen LogP contribution in [0.5, 0.6) is 0 Å². The van der Waals surface area contributed by atoms with E-state index in [9.17, 15) is 9.59 Å². The molecule has 2 amide bonds. The third-order valence-corrected chi connectivity index (χ3v) is 2.39. The number of rotatable bonds is 1. The van der Waals surface area contributed by atoms with Gasteiger partial charge in [-0.05, 0) is 12.8 Å². The second-order valence-electron chi connectivity index (χ2n) is 3.24. The SMILES string of the molecule is O=C1CCCN1N1CCCC1=O. The number of nitrogens with zero attached hydrogens (tertiary/aromatic N) is 2. The van der Waals surface area contributed by atoms with Crippen LogP contribution in [-0.4, -0.2) is 34.9 Å². The van der Waals surface area contributed by atoms with Crippen molar-refractivity contribution in [3.63, 3.8) is 0 Å². The summed E-state index contributed by atoms with van der Waals surface area (Å²) in [5.41, 5.74) is 0. The molecule has 2 aliphatic rings. The Morgan fingerprint density at radius 1 is 0.833 bits per heavy atom. The topological polar surface area (TPSA) is 40.6 Å². The average molecular weight is 168 g/mol. The molecule has 0 atom stereocenters. The minimum Gasteiger partial charge on any atom is -0.273 e. The van der Waals surface area contributed by atoms with Crippen molar-refractivity contribution in [2.45, 2.75) is 25.7 Å². The van der Waals surface area contributed by atoms with E-state index in [1.807, 2.05) is 0 Å². The molecule has 0 unspecified atom stereocenters. The van der Waals surface area contributed by atoms with E-state index in [0.29, 0.717) is 12.8 Å². The highest BCUT2D eigenvalue weighted by molar-refractivity contribution is 5.84. The van der Waals surface area contributed by atoms with Gasteiger partial charge in [0.25, 0.3) is 0 Å². The molecule has 2 saturated heterocycles. The lowest BCUT2D eigenvalue weighted by Gasteiger charge is -2.26. The summed E-state index contributed by atoms with van der Waals surface area (Å²) in [7, 11) is 0. The second-order valence-corrected chi connectivity index (χ2v) is 3.24. The van der Waals surface area contributed by atoms with Crippen LogP contribution in [0.3, 0.4) is 0 Å². The summed E-state index contributed by atoms with van der Waals surface area (Å²) < 4.78 is 0. The second kappa shape index (κ2) is 2.77. The van der Waals surface area contributed by atoms with Gasteiger partial charge in [0.05, 0.1) is 0 Å². The third-order valence-electron chi connectivity index (χ3n) is 2.39. The molecule has 0 N–H and O–H groups in total. The number of hydrogen-bond donors (Lipinski definition) is 0. The van der Waals surface area contributed by atoms with Crippen LogP contribution in [0.25, 0.3) is 0 Å². The summed E-state index contributed by atoms with van der Waals surface area (Å²) >= 11 is 0. The first-order chi connectivity index (χ1) is 5.79. The van der Waals surface area contributed by atoms with Gasteiger partial charge >= 0.3 is 0 Å². The molecule has 66 valence electrons. The van der Waals surface area contributed by atoms with Gasteiger partial charge in [-0.2, -0.15) is 0 Å². The van der Waals surface area contributed by atoms with E-state index in [4.69, 9.17) is 0 Å². The number of hydrogen-bond acceptors (Lipinski definition) is 2. The van der Waals surface area contributed by atoms with E-state index in [1.165, 1.54) is 0 Å². The lowest BCUT2D eigenvalue weighted by Crippen LogP contribution is -2.43. The Labute approximate surface area is 71.1 Å². The molecule has 2 aliphatic heterocycles. The fraction of sp³-hybridized carbons (Fsp3) is 0.750. The molecular weight excluding hydrogens is 156 g/mol. The molecule has 4 heteroatoms. The van der Waals surface area contributed by atoms with E-state index < -0.39 is 0 Å². The van der Waals surface area contributed by atoms with Crippen LogP contribution in [0.15, 0.2) is 0 Å².